The third kappa shape index (κ3) is 3.89. The maximum atomic E-state index is 12.9. The Balaban J connectivity index is 1.94. The first kappa shape index (κ1) is 18.4. The monoisotopic (exact) mass is 362 g/mol. The van der Waals surface area contributed by atoms with Crippen LogP contribution in [0.1, 0.15) is 18.8 Å². The Morgan fingerprint density at radius 3 is 2.56 bits per heavy atom. The van der Waals surface area contributed by atoms with E-state index in [0.29, 0.717) is 5.82 Å². The maximum Gasteiger partial charge on any atom is 0.246 e. The van der Waals surface area contributed by atoms with Crippen molar-refractivity contribution in [3.8, 4) is 0 Å². The van der Waals surface area contributed by atoms with Crippen LogP contribution in [0.2, 0.25) is 0 Å². The second-order valence-corrected chi connectivity index (χ2v) is 6.27. The van der Waals surface area contributed by atoms with Crippen molar-refractivity contribution in [1.29, 1.82) is 0 Å². The highest BCUT2D eigenvalue weighted by molar-refractivity contribution is 5.93. The van der Waals surface area contributed by atoms with Crippen molar-refractivity contribution in [2.75, 3.05) is 11.9 Å². The van der Waals surface area contributed by atoms with Gasteiger partial charge in [-0.2, -0.15) is 0 Å². The lowest BCUT2D eigenvalue weighted by atomic mass is 10.2. The summed E-state index contributed by atoms with van der Waals surface area (Å²) in [6.07, 6.45) is 1.22. The first-order valence-corrected chi connectivity index (χ1v) is 8.71. The summed E-state index contributed by atoms with van der Waals surface area (Å²) in [7, 11) is 1.75. The van der Waals surface area contributed by atoms with E-state index in [0.717, 1.165) is 16.7 Å². The van der Waals surface area contributed by atoms with Crippen molar-refractivity contribution in [1.82, 2.24) is 14.9 Å². The van der Waals surface area contributed by atoms with Gasteiger partial charge in [0.15, 0.2) is 0 Å². The number of hydrogen-bond donors (Lipinski definition) is 1. The molecule has 0 aliphatic heterocycles. The summed E-state index contributed by atoms with van der Waals surface area (Å²) < 4.78 is 1.85. The molecular formula is C21H22N4O2. The van der Waals surface area contributed by atoms with Crippen LogP contribution in [0.5, 0.6) is 0 Å². The number of anilines is 1. The molecule has 1 N–H and O–H groups in total. The highest BCUT2D eigenvalue weighted by atomic mass is 16.2. The lowest BCUT2D eigenvalue weighted by Crippen LogP contribution is -2.32. The van der Waals surface area contributed by atoms with Crippen molar-refractivity contribution >= 4 is 28.5 Å². The zero-order valence-electron chi connectivity index (χ0n) is 15.4. The molecule has 1 atom stereocenters. The molecule has 0 saturated carbocycles. The van der Waals surface area contributed by atoms with E-state index in [2.05, 4.69) is 16.9 Å². The molecule has 0 spiro atoms. The number of carbonyl (C=O) groups excluding carboxylic acids is 2. The smallest absolute Gasteiger partial charge is 0.246 e. The maximum absolute atomic E-state index is 12.9. The summed E-state index contributed by atoms with van der Waals surface area (Å²) in [4.78, 5) is 30.8. The number of imidazole rings is 1. The molecule has 1 heterocycles. The number of carbonyl (C=O) groups is 2. The lowest BCUT2D eigenvalue weighted by Gasteiger charge is -2.20. The highest BCUT2D eigenvalue weighted by Gasteiger charge is 2.21. The molecule has 0 radical (unpaired) electrons. The van der Waals surface area contributed by atoms with Crippen LogP contribution in [0.4, 0.5) is 5.69 Å². The van der Waals surface area contributed by atoms with Gasteiger partial charge in [0.1, 0.15) is 12.4 Å². The van der Waals surface area contributed by atoms with Gasteiger partial charge in [-0.1, -0.05) is 36.9 Å². The van der Waals surface area contributed by atoms with Crippen molar-refractivity contribution < 1.29 is 9.59 Å². The Hall–Kier alpha value is -3.41. The van der Waals surface area contributed by atoms with Crippen LogP contribution in [0, 0.1) is 0 Å². The Morgan fingerprint density at radius 2 is 1.85 bits per heavy atom. The molecule has 6 nitrogen and oxygen atoms in total. The third-order valence-electron chi connectivity index (χ3n) is 4.43. The fraction of sp³-hybridized carbons (Fsp3) is 0.190. The van der Waals surface area contributed by atoms with E-state index in [1.165, 1.54) is 6.08 Å². The number of fused-ring (bicyclic) bond motifs is 1. The predicted octanol–water partition coefficient (Wildman–Crippen LogP) is 3.06. The van der Waals surface area contributed by atoms with Crippen molar-refractivity contribution in [2.24, 2.45) is 0 Å². The number of amides is 2. The van der Waals surface area contributed by atoms with Crippen molar-refractivity contribution in [3.63, 3.8) is 0 Å². The van der Waals surface area contributed by atoms with Gasteiger partial charge in [-0.25, -0.2) is 4.98 Å². The topological polar surface area (TPSA) is 67.2 Å². The van der Waals surface area contributed by atoms with Gasteiger partial charge in [0, 0.05) is 12.7 Å². The van der Waals surface area contributed by atoms with E-state index in [4.69, 9.17) is 0 Å². The van der Waals surface area contributed by atoms with E-state index in [1.807, 2.05) is 66.1 Å². The lowest BCUT2D eigenvalue weighted by molar-refractivity contribution is -0.118. The number of aromatic nitrogens is 2. The molecule has 0 saturated heterocycles. The summed E-state index contributed by atoms with van der Waals surface area (Å²) in [5, 5.41) is 2.82. The number of benzene rings is 2. The molecule has 0 bridgehead atoms. The fourth-order valence-electron chi connectivity index (χ4n) is 2.96. The molecule has 1 aromatic heterocycles. The van der Waals surface area contributed by atoms with Crippen LogP contribution < -0.4 is 10.2 Å². The molecule has 2 aromatic carbocycles. The predicted molar refractivity (Wildman–Crippen MR) is 106 cm³/mol. The first-order valence-electron chi connectivity index (χ1n) is 8.71. The average Bonchev–Trinajstić information content (AvgIpc) is 3.06. The standard InChI is InChI=1S/C21H22N4O2/c1-4-19(26)22-15(2)21-23-17-12-8-9-13-18(17)25(21)14-20(27)24(3)16-10-6-5-7-11-16/h4-13,15H,1,14H2,2-3H3,(H,22,26). The van der Waals surface area contributed by atoms with E-state index >= 15 is 0 Å². The number of para-hydroxylation sites is 3. The summed E-state index contributed by atoms with van der Waals surface area (Å²) >= 11 is 0. The van der Waals surface area contributed by atoms with Gasteiger partial charge in [0.2, 0.25) is 11.8 Å². The Labute approximate surface area is 158 Å². The fourth-order valence-corrected chi connectivity index (χ4v) is 2.96. The molecule has 1 unspecified atom stereocenters. The van der Waals surface area contributed by atoms with E-state index in [-0.39, 0.29) is 24.4 Å². The molecule has 27 heavy (non-hydrogen) atoms. The van der Waals surface area contributed by atoms with E-state index in [1.54, 1.807) is 11.9 Å². The van der Waals surface area contributed by atoms with Crippen LogP contribution in [0.25, 0.3) is 11.0 Å². The Kier molecular flexibility index (Phi) is 5.35. The molecule has 3 aromatic rings. The quantitative estimate of drug-likeness (QED) is 0.685. The Bertz CT molecular complexity index is 978. The molecule has 2 amide bonds. The van der Waals surface area contributed by atoms with Crippen LogP contribution in [0.3, 0.4) is 0 Å². The van der Waals surface area contributed by atoms with Crippen molar-refractivity contribution in [2.45, 2.75) is 19.5 Å². The second-order valence-electron chi connectivity index (χ2n) is 6.27. The molecule has 0 aliphatic carbocycles. The molecule has 3 rings (SSSR count). The largest absolute Gasteiger partial charge is 0.343 e. The van der Waals surface area contributed by atoms with Gasteiger partial charge < -0.3 is 14.8 Å². The number of likely N-dealkylation sites (N-methyl/N-ethyl adjacent to an activating group) is 1. The zero-order chi connectivity index (χ0) is 19.4. The first-order chi connectivity index (χ1) is 13.0. The summed E-state index contributed by atoms with van der Waals surface area (Å²) in [5.41, 5.74) is 2.45. The SMILES string of the molecule is C=CC(=O)NC(C)c1nc2ccccc2n1CC(=O)N(C)c1ccccc1. The van der Waals surface area contributed by atoms with Gasteiger partial charge in [-0.3, -0.25) is 9.59 Å². The number of nitrogens with zero attached hydrogens (tertiary/aromatic N) is 3. The molecule has 0 aliphatic rings. The summed E-state index contributed by atoms with van der Waals surface area (Å²) in [6, 6.07) is 16.7. The second kappa shape index (κ2) is 7.86. The molecule has 0 fully saturated rings. The Morgan fingerprint density at radius 1 is 1.19 bits per heavy atom. The minimum absolute atomic E-state index is 0.0761. The van der Waals surface area contributed by atoms with Crippen molar-refractivity contribution in [3.05, 3.63) is 73.1 Å². The van der Waals surface area contributed by atoms with E-state index < -0.39 is 0 Å². The normalized spacial score (nSPS) is 11.8. The minimum atomic E-state index is -0.363. The summed E-state index contributed by atoms with van der Waals surface area (Å²) in [6.45, 7) is 5.44. The number of nitrogens with one attached hydrogen (secondary N) is 1. The summed E-state index contributed by atoms with van der Waals surface area (Å²) in [5.74, 6) is 0.267. The van der Waals surface area contributed by atoms with Crippen LogP contribution in [-0.4, -0.2) is 28.4 Å². The number of hydrogen-bond acceptors (Lipinski definition) is 3. The molecule has 138 valence electrons. The van der Waals surface area contributed by atoms with Gasteiger partial charge in [-0.05, 0) is 37.3 Å². The van der Waals surface area contributed by atoms with Crippen LogP contribution >= 0.6 is 0 Å². The van der Waals surface area contributed by atoms with Gasteiger partial charge in [0.25, 0.3) is 0 Å². The zero-order valence-corrected chi connectivity index (χ0v) is 15.4. The van der Waals surface area contributed by atoms with Gasteiger partial charge in [0.05, 0.1) is 17.1 Å². The van der Waals surface area contributed by atoms with Gasteiger partial charge in [-0.15, -0.1) is 0 Å². The highest BCUT2D eigenvalue weighted by Crippen LogP contribution is 2.22. The third-order valence-corrected chi connectivity index (χ3v) is 4.43. The molecular weight excluding hydrogens is 340 g/mol. The van der Waals surface area contributed by atoms with Gasteiger partial charge >= 0.3 is 0 Å². The average molecular weight is 362 g/mol. The van der Waals surface area contributed by atoms with Crippen LogP contribution in [-0.2, 0) is 16.1 Å². The number of rotatable bonds is 6. The van der Waals surface area contributed by atoms with Crippen LogP contribution in [0.15, 0.2) is 67.3 Å². The van der Waals surface area contributed by atoms with E-state index in [9.17, 15) is 9.59 Å². The molecule has 6 heteroatoms. The minimum Gasteiger partial charge on any atom is -0.343 e.